The Labute approximate surface area is 125 Å². The van der Waals surface area contributed by atoms with Gasteiger partial charge in [0.25, 0.3) is 5.91 Å². The molecule has 20 heavy (non-hydrogen) atoms. The van der Waals surface area contributed by atoms with E-state index in [1.54, 1.807) is 0 Å². The van der Waals surface area contributed by atoms with Gasteiger partial charge in [-0.2, -0.15) is 0 Å². The van der Waals surface area contributed by atoms with Crippen molar-refractivity contribution in [2.45, 2.75) is 33.0 Å². The van der Waals surface area contributed by atoms with Crippen molar-refractivity contribution in [1.29, 1.82) is 0 Å². The SMILES string of the molecule is Cc1c(Cl)cccc1NC(=O)C[NH+]1C[C@H](C)O[C@@H](C)C1. The monoisotopic (exact) mass is 297 g/mol. The predicted molar refractivity (Wildman–Crippen MR) is 80.4 cm³/mol. The molecule has 2 atom stereocenters. The number of rotatable bonds is 3. The molecule has 1 aliphatic heterocycles. The van der Waals surface area contributed by atoms with E-state index in [2.05, 4.69) is 19.2 Å². The summed E-state index contributed by atoms with van der Waals surface area (Å²) < 4.78 is 5.68. The van der Waals surface area contributed by atoms with Crippen LogP contribution in [0, 0.1) is 6.92 Å². The highest BCUT2D eigenvalue weighted by Crippen LogP contribution is 2.22. The third-order valence-electron chi connectivity index (χ3n) is 3.57. The highest BCUT2D eigenvalue weighted by atomic mass is 35.5. The number of amides is 1. The van der Waals surface area contributed by atoms with Gasteiger partial charge in [0.1, 0.15) is 25.3 Å². The maximum atomic E-state index is 12.1. The van der Waals surface area contributed by atoms with Crippen molar-refractivity contribution < 1.29 is 14.4 Å². The van der Waals surface area contributed by atoms with E-state index >= 15 is 0 Å². The largest absolute Gasteiger partial charge is 0.364 e. The lowest BCUT2D eigenvalue weighted by molar-refractivity contribution is -0.907. The van der Waals surface area contributed by atoms with Gasteiger partial charge in [-0.05, 0) is 38.5 Å². The molecule has 2 rings (SSSR count). The summed E-state index contributed by atoms with van der Waals surface area (Å²) in [6, 6.07) is 5.54. The Morgan fingerprint density at radius 2 is 2.05 bits per heavy atom. The molecule has 1 aromatic carbocycles. The number of carbonyl (C=O) groups excluding carboxylic acids is 1. The molecular formula is C15H22ClN2O2+. The lowest BCUT2D eigenvalue weighted by Crippen LogP contribution is -3.16. The zero-order valence-electron chi connectivity index (χ0n) is 12.2. The van der Waals surface area contributed by atoms with Gasteiger partial charge in [-0.3, -0.25) is 4.79 Å². The number of quaternary nitrogens is 1. The maximum Gasteiger partial charge on any atom is 0.279 e. The first kappa shape index (κ1) is 15.3. The fraction of sp³-hybridized carbons (Fsp3) is 0.533. The minimum absolute atomic E-state index is 0.0201. The highest BCUT2D eigenvalue weighted by molar-refractivity contribution is 6.31. The van der Waals surface area contributed by atoms with Gasteiger partial charge in [0.2, 0.25) is 0 Å². The summed E-state index contributed by atoms with van der Waals surface area (Å²) in [7, 11) is 0. The minimum atomic E-state index is 0.0201. The van der Waals surface area contributed by atoms with Crippen LogP contribution in [0.4, 0.5) is 5.69 Å². The molecule has 1 saturated heterocycles. The molecule has 0 radical (unpaired) electrons. The van der Waals surface area contributed by atoms with Gasteiger partial charge in [0.15, 0.2) is 6.54 Å². The number of carbonyl (C=O) groups is 1. The number of anilines is 1. The molecule has 0 aromatic heterocycles. The van der Waals surface area contributed by atoms with Gasteiger partial charge in [0.05, 0.1) is 0 Å². The van der Waals surface area contributed by atoms with E-state index in [0.717, 1.165) is 24.3 Å². The van der Waals surface area contributed by atoms with Crippen molar-refractivity contribution in [3.05, 3.63) is 28.8 Å². The third-order valence-corrected chi connectivity index (χ3v) is 3.98. The molecule has 0 saturated carbocycles. The Balaban J connectivity index is 1.94. The lowest BCUT2D eigenvalue weighted by Gasteiger charge is -2.31. The van der Waals surface area contributed by atoms with Crippen molar-refractivity contribution in [2.24, 2.45) is 0 Å². The van der Waals surface area contributed by atoms with Crippen LogP contribution in [0.15, 0.2) is 18.2 Å². The minimum Gasteiger partial charge on any atom is -0.364 e. The molecule has 110 valence electrons. The molecule has 5 heteroatoms. The summed E-state index contributed by atoms with van der Waals surface area (Å²) in [6.45, 7) is 8.20. The van der Waals surface area contributed by atoms with E-state index in [1.165, 1.54) is 4.90 Å². The summed E-state index contributed by atoms with van der Waals surface area (Å²) in [6.07, 6.45) is 0.406. The smallest absolute Gasteiger partial charge is 0.279 e. The Hall–Kier alpha value is -1.10. The first-order chi connectivity index (χ1) is 9.45. The van der Waals surface area contributed by atoms with E-state index in [0.29, 0.717) is 11.6 Å². The summed E-state index contributed by atoms with van der Waals surface area (Å²) in [5.41, 5.74) is 1.69. The Kier molecular flexibility index (Phi) is 5.02. The lowest BCUT2D eigenvalue weighted by atomic mass is 10.2. The fourth-order valence-electron chi connectivity index (χ4n) is 2.70. The molecule has 1 fully saturated rings. The second-order valence-electron chi connectivity index (χ2n) is 5.55. The molecule has 4 nitrogen and oxygen atoms in total. The molecule has 0 unspecified atom stereocenters. The summed E-state index contributed by atoms with van der Waals surface area (Å²) in [4.78, 5) is 13.4. The molecule has 0 aliphatic carbocycles. The second-order valence-corrected chi connectivity index (χ2v) is 5.96. The summed E-state index contributed by atoms with van der Waals surface area (Å²) in [5.74, 6) is 0.0201. The first-order valence-corrected chi connectivity index (χ1v) is 7.37. The van der Waals surface area contributed by atoms with E-state index in [1.807, 2.05) is 25.1 Å². The number of ether oxygens (including phenoxy) is 1. The second kappa shape index (κ2) is 6.57. The maximum absolute atomic E-state index is 12.1. The van der Waals surface area contributed by atoms with Crippen LogP contribution in [0.2, 0.25) is 5.02 Å². The summed E-state index contributed by atoms with van der Waals surface area (Å²) >= 11 is 6.05. The normalized spacial score (nSPS) is 26.3. The topological polar surface area (TPSA) is 42.8 Å². The van der Waals surface area contributed by atoms with Crippen molar-refractivity contribution >= 4 is 23.2 Å². The van der Waals surface area contributed by atoms with Gasteiger partial charge < -0.3 is 15.0 Å². The van der Waals surface area contributed by atoms with Crippen LogP contribution in [0.5, 0.6) is 0 Å². The predicted octanol–water partition coefficient (Wildman–Crippen LogP) is 1.28. The van der Waals surface area contributed by atoms with Crippen molar-refractivity contribution in [3.8, 4) is 0 Å². The first-order valence-electron chi connectivity index (χ1n) is 6.99. The van der Waals surface area contributed by atoms with Gasteiger partial charge in [0, 0.05) is 10.7 Å². The molecule has 0 bridgehead atoms. The molecule has 1 amide bonds. The number of morpholine rings is 1. The van der Waals surface area contributed by atoms with Gasteiger partial charge in [-0.15, -0.1) is 0 Å². The zero-order chi connectivity index (χ0) is 14.7. The number of hydrogen-bond acceptors (Lipinski definition) is 2. The van der Waals surface area contributed by atoms with Crippen LogP contribution >= 0.6 is 11.6 Å². The van der Waals surface area contributed by atoms with Crippen LogP contribution < -0.4 is 10.2 Å². The number of halogens is 1. The van der Waals surface area contributed by atoms with Crippen LogP contribution in [-0.2, 0) is 9.53 Å². The number of benzene rings is 1. The third kappa shape index (κ3) is 3.95. The van der Waals surface area contributed by atoms with Gasteiger partial charge >= 0.3 is 0 Å². The van der Waals surface area contributed by atoms with Crippen LogP contribution in [0.25, 0.3) is 0 Å². The Morgan fingerprint density at radius 3 is 2.70 bits per heavy atom. The van der Waals surface area contributed by atoms with Gasteiger partial charge in [-0.1, -0.05) is 17.7 Å². The van der Waals surface area contributed by atoms with E-state index in [9.17, 15) is 4.79 Å². The number of hydrogen-bond donors (Lipinski definition) is 2. The Morgan fingerprint density at radius 1 is 1.40 bits per heavy atom. The summed E-state index contributed by atoms with van der Waals surface area (Å²) in [5, 5.41) is 3.61. The van der Waals surface area contributed by atoms with E-state index in [4.69, 9.17) is 16.3 Å². The molecule has 2 N–H and O–H groups in total. The molecule has 1 heterocycles. The highest BCUT2D eigenvalue weighted by Gasteiger charge is 2.27. The quantitative estimate of drug-likeness (QED) is 0.883. The van der Waals surface area contributed by atoms with Crippen LogP contribution in [0.1, 0.15) is 19.4 Å². The van der Waals surface area contributed by atoms with Crippen molar-refractivity contribution in [3.63, 3.8) is 0 Å². The zero-order valence-corrected chi connectivity index (χ0v) is 13.0. The Bertz CT molecular complexity index is 483. The number of nitrogens with one attached hydrogen (secondary N) is 2. The van der Waals surface area contributed by atoms with Crippen molar-refractivity contribution in [2.75, 3.05) is 25.0 Å². The standard InChI is InChI=1S/C15H21ClN2O2/c1-10-7-18(8-11(2)20-10)9-15(19)17-14-6-4-5-13(16)12(14)3/h4-6,10-11H,7-9H2,1-3H3,(H,17,19)/p+1/t10-,11-/m0/s1. The average molecular weight is 298 g/mol. The van der Waals surface area contributed by atoms with Crippen molar-refractivity contribution in [1.82, 2.24) is 0 Å². The molecular weight excluding hydrogens is 276 g/mol. The van der Waals surface area contributed by atoms with Crippen LogP contribution in [0.3, 0.4) is 0 Å². The van der Waals surface area contributed by atoms with E-state index < -0.39 is 0 Å². The molecule has 1 aromatic rings. The average Bonchev–Trinajstić information content (AvgIpc) is 2.33. The molecule has 0 spiro atoms. The van der Waals surface area contributed by atoms with E-state index in [-0.39, 0.29) is 18.1 Å². The molecule has 1 aliphatic rings. The fourth-order valence-corrected chi connectivity index (χ4v) is 2.87. The van der Waals surface area contributed by atoms with Gasteiger partial charge in [-0.25, -0.2) is 0 Å². The van der Waals surface area contributed by atoms with Crippen LogP contribution in [-0.4, -0.2) is 37.7 Å².